The number of aryl methyl sites for hydroxylation is 1. The third kappa shape index (κ3) is 4.67. The van der Waals surface area contributed by atoms with Gasteiger partial charge in [0.1, 0.15) is 6.61 Å². The topological polar surface area (TPSA) is 54.5 Å². The Morgan fingerprint density at radius 3 is 2.91 bits per heavy atom. The third-order valence-electron chi connectivity index (χ3n) is 4.57. The quantitative estimate of drug-likeness (QED) is 0.904. The molecule has 0 spiro atoms. The van der Waals surface area contributed by atoms with Crippen LogP contribution in [-0.2, 0) is 4.79 Å². The molecule has 1 aromatic heterocycles. The number of hydrogen-bond donors (Lipinski definition) is 1. The number of nitrogens with one attached hydrogen (secondary N) is 1. The second kappa shape index (κ2) is 7.30. The van der Waals surface area contributed by atoms with Crippen LogP contribution in [0.25, 0.3) is 0 Å². The van der Waals surface area contributed by atoms with E-state index >= 15 is 0 Å². The van der Waals surface area contributed by atoms with Gasteiger partial charge in [-0.3, -0.25) is 4.79 Å². The first kappa shape index (κ1) is 17.7. The van der Waals surface area contributed by atoms with E-state index in [-0.39, 0.29) is 11.9 Å². The smallest absolute Gasteiger partial charge is 0.229 e. The fraction of sp³-hybridized carbons (Fsp3) is 0.667. The minimum atomic E-state index is -0.590. The van der Waals surface area contributed by atoms with Crippen molar-refractivity contribution in [2.24, 2.45) is 11.3 Å². The number of carbonyl (C=O) groups is 1. The standard InChI is InChI=1S/C18H29N3O2/c1-13-7-6-9-19-16(13)23-12-18(3,4)17(22)20-15-8-10-21(5)11-14(15)2/h6-7,9,14-15H,8,10-12H2,1-5H3,(H,20,22)/t14-,15-/m0/s1. The maximum atomic E-state index is 12.6. The summed E-state index contributed by atoms with van der Waals surface area (Å²) >= 11 is 0. The Kier molecular flexibility index (Phi) is 5.63. The number of aromatic nitrogens is 1. The highest BCUT2D eigenvalue weighted by Crippen LogP contribution is 2.22. The zero-order valence-corrected chi connectivity index (χ0v) is 14.9. The molecule has 0 bridgehead atoms. The SMILES string of the molecule is Cc1cccnc1OCC(C)(C)C(=O)N[C@H]1CCN(C)C[C@@H]1C. The highest BCUT2D eigenvalue weighted by atomic mass is 16.5. The molecule has 0 aliphatic carbocycles. The van der Waals surface area contributed by atoms with Crippen LogP contribution in [0.3, 0.4) is 0 Å². The highest BCUT2D eigenvalue weighted by Gasteiger charge is 2.33. The summed E-state index contributed by atoms with van der Waals surface area (Å²) in [4.78, 5) is 19.2. The monoisotopic (exact) mass is 319 g/mol. The number of rotatable bonds is 5. The molecule has 2 heterocycles. The van der Waals surface area contributed by atoms with Crippen molar-refractivity contribution in [3.63, 3.8) is 0 Å². The summed E-state index contributed by atoms with van der Waals surface area (Å²) in [5.41, 5.74) is 0.389. The number of ether oxygens (including phenoxy) is 1. The molecule has 0 saturated carbocycles. The first-order chi connectivity index (χ1) is 10.8. The van der Waals surface area contributed by atoms with Gasteiger partial charge in [-0.25, -0.2) is 4.98 Å². The summed E-state index contributed by atoms with van der Waals surface area (Å²) in [6.45, 7) is 10.4. The molecule has 0 radical (unpaired) electrons. The van der Waals surface area contributed by atoms with E-state index in [1.807, 2.05) is 32.9 Å². The molecule has 1 fully saturated rings. The zero-order valence-electron chi connectivity index (χ0n) is 14.9. The molecule has 1 N–H and O–H groups in total. The van der Waals surface area contributed by atoms with Crippen LogP contribution < -0.4 is 10.1 Å². The minimum absolute atomic E-state index is 0.0486. The molecule has 1 aliphatic heterocycles. The molecule has 0 aromatic carbocycles. The van der Waals surface area contributed by atoms with E-state index in [0.717, 1.165) is 25.1 Å². The lowest BCUT2D eigenvalue weighted by atomic mass is 9.89. The fourth-order valence-corrected chi connectivity index (χ4v) is 2.87. The maximum absolute atomic E-state index is 12.6. The van der Waals surface area contributed by atoms with E-state index in [9.17, 15) is 4.79 Å². The van der Waals surface area contributed by atoms with Crippen LogP contribution in [-0.4, -0.2) is 48.6 Å². The van der Waals surface area contributed by atoms with Crippen molar-refractivity contribution in [2.75, 3.05) is 26.7 Å². The van der Waals surface area contributed by atoms with Crippen molar-refractivity contribution in [2.45, 2.75) is 40.2 Å². The molecule has 0 unspecified atom stereocenters. The van der Waals surface area contributed by atoms with Crippen LogP contribution in [0.2, 0.25) is 0 Å². The molecule has 2 atom stereocenters. The Bertz CT molecular complexity index is 545. The second-order valence-electron chi connectivity index (χ2n) is 7.41. The molecule has 1 aromatic rings. The number of amides is 1. The molecular weight excluding hydrogens is 290 g/mol. The molecule has 1 amide bonds. The van der Waals surface area contributed by atoms with Gasteiger partial charge in [0.05, 0.1) is 5.41 Å². The van der Waals surface area contributed by atoms with Gasteiger partial charge in [-0.2, -0.15) is 0 Å². The summed E-state index contributed by atoms with van der Waals surface area (Å²) in [6, 6.07) is 4.08. The van der Waals surface area contributed by atoms with Crippen molar-refractivity contribution >= 4 is 5.91 Å². The molecular formula is C18H29N3O2. The number of likely N-dealkylation sites (tertiary alicyclic amines) is 1. The average Bonchev–Trinajstić information content (AvgIpc) is 2.49. The second-order valence-corrected chi connectivity index (χ2v) is 7.41. The number of piperidine rings is 1. The number of hydrogen-bond acceptors (Lipinski definition) is 4. The van der Waals surface area contributed by atoms with Gasteiger partial charge in [-0.15, -0.1) is 0 Å². The molecule has 128 valence electrons. The van der Waals surface area contributed by atoms with E-state index in [1.54, 1.807) is 6.20 Å². The third-order valence-corrected chi connectivity index (χ3v) is 4.57. The number of nitrogens with zero attached hydrogens (tertiary/aromatic N) is 2. The van der Waals surface area contributed by atoms with Crippen LogP contribution in [0.4, 0.5) is 0 Å². The predicted octanol–water partition coefficient (Wildman–Crippen LogP) is 2.25. The van der Waals surface area contributed by atoms with E-state index in [4.69, 9.17) is 4.74 Å². The van der Waals surface area contributed by atoms with E-state index in [1.165, 1.54) is 0 Å². The van der Waals surface area contributed by atoms with Crippen molar-refractivity contribution < 1.29 is 9.53 Å². The predicted molar refractivity (Wildman–Crippen MR) is 91.5 cm³/mol. The van der Waals surface area contributed by atoms with Gasteiger partial charge in [-0.05, 0) is 52.8 Å². The van der Waals surface area contributed by atoms with Gasteiger partial charge >= 0.3 is 0 Å². The zero-order chi connectivity index (χ0) is 17.0. The summed E-state index contributed by atoms with van der Waals surface area (Å²) < 4.78 is 5.78. The molecule has 23 heavy (non-hydrogen) atoms. The van der Waals surface area contributed by atoms with Crippen molar-refractivity contribution in [1.29, 1.82) is 0 Å². The highest BCUT2D eigenvalue weighted by molar-refractivity contribution is 5.82. The molecule has 2 rings (SSSR count). The van der Waals surface area contributed by atoms with Crippen LogP contribution in [0, 0.1) is 18.3 Å². The van der Waals surface area contributed by atoms with Gasteiger partial charge < -0.3 is 15.0 Å². The van der Waals surface area contributed by atoms with Gasteiger partial charge in [0.2, 0.25) is 11.8 Å². The lowest BCUT2D eigenvalue weighted by molar-refractivity contribution is -0.132. The van der Waals surface area contributed by atoms with Gasteiger partial charge in [-0.1, -0.05) is 13.0 Å². The lowest BCUT2D eigenvalue weighted by Gasteiger charge is -2.37. The van der Waals surface area contributed by atoms with Crippen molar-refractivity contribution in [3.05, 3.63) is 23.9 Å². The maximum Gasteiger partial charge on any atom is 0.229 e. The fourth-order valence-electron chi connectivity index (χ4n) is 2.87. The Labute approximate surface area is 139 Å². The van der Waals surface area contributed by atoms with Crippen LogP contribution in [0.5, 0.6) is 5.88 Å². The van der Waals surface area contributed by atoms with Crippen molar-refractivity contribution in [1.82, 2.24) is 15.2 Å². The van der Waals surface area contributed by atoms with Crippen LogP contribution >= 0.6 is 0 Å². The lowest BCUT2D eigenvalue weighted by Crippen LogP contribution is -2.52. The van der Waals surface area contributed by atoms with Crippen LogP contribution in [0.1, 0.15) is 32.8 Å². The van der Waals surface area contributed by atoms with E-state index in [0.29, 0.717) is 18.4 Å². The molecule has 1 saturated heterocycles. The Morgan fingerprint density at radius 2 is 2.26 bits per heavy atom. The first-order valence-electron chi connectivity index (χ1n) is 8.33. The van der Waals surface area contributed by atoms with Crippen LogP contribution in [0.15, 0.2) is 18.3 Å². The van der Waals surface area contributed by atoms with Crippen molar-refractivity contribution in [3.8, 4) is 5.88 Å². The molecule has 5 heteroatoms. The Balaban J connectivity index is 1.91. The van der Waals surface area contributed by atoms with Gasteiger partial charge in [0.15, 0.2) is 0 Å². The largest absolute Gasteiger partial charge is 0.476 e. The Hall–Kier alpha value is -1.62. The van der Waals surface area contributed by atoms with E-state index in [2.05, 4.69) is 29.2 Å². The summed E-state index contributed by atoms with van der Waals surface area (Å²) in [5.74, 6) is 1.11. The average molecular weight is 319 g/mol. The minimum Gasteiger partial charge on any atom is -0.476 e. The van der Waals surface area contributed by atoms with E-state index < -0.39 is 5.41 Å². The molecule has 5 nitrogen and oxygen atoms in total. The number of carbonyl (C=O) groups excluding carboxylic acids is 1. The number of pyridine rings is 1. The normalized spacial score (nSPS) is 22.7. The summed E-state index contributed by atoms with van der Waals surface area (Å²) in [5, 5.41) is 3.21. The first-order valence-corrected chi connectivity index (χ1v) is 8.33. The van der Waals surface area contributed by atoms with Gasteiger partial charge in [0.25, 0.3) is 0 Å². The summed E-state index contributed by atoms with van der Waals surface area (Å²) in [6.07, 6.45) is 2.70. The van der Waals surface area contributed by atoms with Gasteiger partial charge in [0, 0.05) is 24.3 Å². The Morgan fingerprint density at radius 1 is 1.52 bits per heavy atom. The summed E-state index contributed by atoms with van der Waals surface area (Å²) in [7, 11) is 2.13. The molecule has 1 aliphatic rings.